The first-order chi connectivity index (χ1) is 7.76. The van der Waals surface area contributed by atoms with Crippen molar-refractivity contribution in [1.29, 1.82) is 0 Å². The van der Waals surface area contributed by atoms with Gasteiger partial charge in [0.2, 0.25) is 0 Å². The minimum atomic E-state index is -1.52. The first kappa shape index (κ1) is 15.0. The first-order valence-electron chi connectivity index (χ1n) is 6.05. The van der Waals surface area contributed by atoms with Crippen LogP contribution in [0.1, 0.15) is 25.7 Å². The Labute approximate surface area is 113 Å². The number of hydrogen-bond acceptors (Lipinski definition) is 2. The number of rotatable bonds is 1. The minimum absolute atomic E-state index is 0.561. The molecule has 0 saturated heterocycles. The maximum atomic E-state index is 10.5. The molecule has 1 rings (SSSR count). The topological polar surface area (TPSA) is 40.5 Å². The molecule has 96 valence electrons. The Hall–Kier alpha value is -0.0831. The van der Waals surface area contributed by atoms with Crippen molar-refractivity contribution < 1.29 is 10.2 Å². The van der Waals surface area contributed by atoms with Crippen LogP contribution < -0.4 is 0 Å². The summed E-state index contributed by atoms with van der Waals surface area (Å²) in [7, 11) is -1.52. The zero-order valence-corrected chi connectivity index (χ0v) is 13.3. The average molecular weight is 317 g/mol. The second-order valence-corrected chi connectivity index (χ2v) is 11.2. The van der Waals surface area contributed by atoms with Crippen molar-refractivity contribution in [2.24, 2.45) is 0 Å². The lowest BCUT2D eigenvalue weighted by Gasteiger charge is -2.29. The van der Waals surface area contributed by atoms with Crippen molar-refractivity contribution in [2.45, 2.75) is 57.0 Å². The molecule has 1 aliphatic carbocycles. The van der Waals surface area contributed by atoms with Crippen molar-refractivity contribution in [3.05, 3.63) is 10.6 Å². The molecule has 4 heteroatoms. The van der Waals surface area contributed by atoms with E-state index in [1.165, 1.54) is 0 Å². The number of aliphatic hydroxyl groups excluding tert-OH is 1. The number of halogens is 1. The normalized spacial score (nSPS) is 27.5. The molecule has 2 nitrogen and oxygen atoms in total. The first-order valence-corrected chi connectivity index (χ1v) is 10.3. The summed E-state index contributed by atoms with van der Waals surface area (Å²) in [6.07, 6.45) is 4.41. The lowest BCUT2D eigenvalue weighted by molar-refractivity contribution is -0.0177. The fraction of sp³-hybridized carbons (Fsp3) is 0.692. The number of allylic oxidation sites excluding steroid dienone is 1. The van der Waals surface area contributed by atoms with Gasteiger partial charge in [-0.05, 0) is 25.7 Å². The Morgan fingerprint density at radius 2 is 2.06 bits per heavy atom. The van der Waals surface area contributed by atoms with E-state index in [0.717, 1.165) is 19.3 Å². The molecule has 0 radical (unpaired) electrons. The van der Waals surface area contributed by atoms with Crippen molar-refractivity contribution in [3.63, 3.8) is 0 Å². The highest BCUT2D eigenvalue weighted by atomic mass is 79.9. The Morgan fingerprint density at radius 3 is 2.65 bits per heavy atom. The fourth-order valence-corrected chi connectivity index (χ4v) is 2.95. The molecule has 2 N–H and O–H groups in total. The Kier molecular flexibility index (Phi) is 5.03. The zero-order valence-electron chi connectivity index (χ0n) is 10.8. The average Bonchev–Trinajstić information content (AvgIpc) is 2.38. The van der Waals surface area contributed by atoms with Crippen molar-refractivity contribution >= 4 is 24.0 Å². The van der Waals surface area contributed by atoms with Gasteiger partial charge in [0.1, 0.15) is 19.8 Å². The van der Waals surface area contributed by atoms with E-state index in [4.69, 9.17) is 0 Å². The van der Waals surface area contributed by atoms with Gasteiger partial charge in [0.05, 0.1) is 0 Å². The monoisotopic (exact) mass is 316 g/mol. The van der Waals surface area contributed by atoms with Crippen LogP contribution in [0.5, 0.6) is 0 Å². The smallest absolute Gasteiger partial charge is 0.147 e. The van der Waals surface area contributed by atoms with E-state index in [1.54, 1.807) is 0 Å². The van der Waals surface area contributed by atoms with E-state index in [2.05, 4.69) is 47.0 Å². The molecule has 0 fully saturated rings. The van der Waals surface area contributed by atoms with E-state index in [-0.39, 0.29) is 0 Å². The number of aliphatic hydroxyl groups is 2. The third kappa shape index (κ3) is 4.25. The molecular formula is C13H21BrO2Si. The van der Waals surface area contributed by atoms with Crippen LogP contribution in [0.15, 0.2) is 10.6 Å². The van der Waals surface area contributed by atoms with Crippen molar-refractivity contribution in [1.82, 2.24) is 0 Å². The van der Waals surface area contributed by atoms with E-state index in [1.807, 2.05) is 6.08 Å². The quantitative estimate of drug-likeness (QED) is 0.577. The SMILES string of the molecule is C[Si](C)(C)C#C[C@@H](O)[C@@]1(O)CCCCC=C1Br. The van der Waals surface area contributed by atoms with Gasteiger partial charge in [-0.1, -0.05) is 47.6 Å². The molecule has 2 atom stereocenters. The predicted molar refractivity (Wildman–Crippen MR) is 77.6 cm³/mol. The fourth-order valence-electron chi connectivity index (χ4n) is 1.74. The standard InChI is InChI=1S/C13H21BrO2Si/c1-17(2,3)10-8-12(15)13(16)9-6-4-5-7-11(13)14/h7,12,15-16H,4-6,9H2,1-3H3/t12-,13-/m1/s1. The molecule has 0 aliphatic heterocycles. The summed E-state index contributed by atoms with van der Waals surface area (Å²) < 4.78 is 0.680. The minimum Gasteiger partial charge on any atom is -0.381 e. The lowest BCUT2D eigenvalue weighted by atomic mass is 9.92. The van der Waals surface area contributed by atoms with Gasteiger partial charge in [-0.15, -0.1) is 5.54 Å². The Morgan fingerprint density at radius 1 is 1.41 bits per heavy atom. The van der Waals surface area contributed by atoms with Gasteiger partial charge in [0, 0.05) is 4.48 Å². The van der Waals surface area contributed by atoms with Crippen LogP contribution in [0, 0.1) is 11.5 Å². The van der Waals surface area contributed by atoms with Crippen LogP contribution in [0.2, 0.25) is 19.6 Å². The summed E-state index contributed by atoms with van der Waals surface area (Å²) in [6.45, 7) is 6.36. The van der Waals surface area contributed by atoms with Gasteiger partial charge < -0.3 is 10.2 Å². The van der Waals surface area contributed by atoms with Gasteiger partial charge >= 0.3 is 0 Å². The summed E-state index contributed by atoms with van der Waals surface area (Å²) in [5, 5.41) is 20.7. The zero-order chi connectivity index (χ0) is 13.1. The lowest BCUT2D eigenvalue weighted by Crippen LogP contribution is -2.42. The van der Waals surface area contributed by atoms with Crippen LogP contribution in [0.4, 0.5) is 0 Å². The van der Waals surface area contributed by atoms with Gasteiger partial charge in [-0.2, -0.15) is 0 Å². The number of hydrogen-bond donors (Lipinski definition) is 2. The Bertz CT molecular complexity index is 362. The molecular weight excluding hydrogens is 296 g/mol. The highest BCUT2D eigenvalue weighted by molar-refractivity contribution is 9.11. The van der Waals surface area contributed by atoms with Crippen molar-refractivity contribution in [2.75, 3.05) is 0 Å². The molecule has 0 aromatic heterocycles. The van der Waals surface area contributed by atoms with Crippen LogP contribution in [0.3, 0.4) is 0 Å². The maximum absolute atomic E-state index is 10.5. The third-order valence-corrected chi connectivity index (χ3v) is 4.69. The molecule has 0 aromatic rings. The molecule has 0 heterocycles. The van der Waals surface area contributed by atoms with Crippen molar-refractivity contribution in [3.8, 4) is 11.5 Å². The molecule has 0 unspecified atom stereocenters. The van der Waals surface area contributed by atoms with Crippen LogP contribution in [-0.4, -0.2) is 30.0 Å². The van der Waals surface area contributed by atoms with E-state index < -0.39 is 19.8 Å². The summed E-state index contributed by atoms with van der Waals surface area (Å²) in [4.78, 5) is 0. The summed E-state index contributed by atoms with van der Waals surface area (Å²) in [5.74, 6) is 2.84. The maximum Gasteiger partial charge on any atom is 0.147 e. The highest BCUT2D eigenvalue weighted by Crippen LogP contribution is 2.34. The third-order valence-electron chi connectivity index (χ3n) is 2.79. The van der Waals surface area contributed by atoms with Crippen LogP contribution in [-0.2, 0) is 0 Å². The highest BCUT2D eigenvalue weighted by Gasteiger charge is 2.38. The second-order valence-electron chi connectivity index (χ2n) is 5.64. The summed E-state index contributed by atoms with van der Waals surface area (Å²) in [5.41, 5.74) is 1.90. The molecule has 0 aromatic carbocycles. The molecule has 0 amide bonds. The van der Waals surface area contributed by atoms with E-state index in [0.29, 0.717) is 10.9 Å². The molecule has 0 bridgehead atoms. The molecule has 1 aliphatic rings. The van der Waals surface area contributed by atoms with E-state index >= 15 is 0 Å². The van der Waals surface area contributed by atoms with Gasteiger partial charge in [-0.3, -0.25) is 0 Å². The van der Waals surface area contributed by atoms with E-state index in [9.17, 15) is 10.2 Å². The second kappa shape index (κ2) is 5.70. The molecule has 0 saturated carbocycles. The summed E-state index contributed by atoms with van der Waals surface area (Å²) in [6, 6.07) is 0. The van der Waals surface area contributed by atoms with Gasteiger partial charge in [0.15, 0.2) is 0 Å². The van der Waals surface area contributed by atoms with Gasteiger partial charge in [0.25, 0.3) is 0 Å². The Balaban J connectivity index is 2.91. The predicted octanol–water partition coefficient (Wildman–Crippen LogP) is 2.81. The van der Waals surface area contributed by atoms with Crippen LogP contribution in [0.25, 0.3) is 0 Å². The molecule has 17 heavy (non-hydrogen) atoms. The molecule has 0 spiro atoms. The van der Waals surface area contributed by atoms with Gasteiger partial charge in [-0.25, -0.2) is 0 Å². The largest absolute Gasteiger partial charge is 0.381 e. The van der Waals surface area contributed by atoms with Crippen LogP contribution >= 0.6 is 15.9 Å². The summed E-state index contributed by atoms with van der Waals surface area (Å²) >= 11 is 3.38.